The van der Waals surface area contributed by atoms with Gasteiger partial charge in [0.25, 0.3) is 5.91 Å². The third-order valence-electron chi connectivity index (χ3n) is 2.83. The Morgan fingerprint density at radius 2 is 2.26 bits per heavy atom. The summed E-state index contributed by atoms with van der Waals surface area (Å²) < 4.78 is 10.4. The fraction of sp³-hybridized carbons (Fsp3) is 0.167. The van der Waals surface area contributed by atoms with E-state index in [1.165, 1.54) is 0 Å². The average molecular weight is 260 g/mol. The Kier molecular flexibility index (Phi) is 2.71. The number of nitrogens with two attached hydrogens (primary N) is 1. The van der Waals surface area contributed by atoms with Gasteiger partial charge in [0, 0.05) is 17.7 Å². The molecule has 0 atom stereocenters. The van der Waals surface area contributed by atoms with Gasteiger partial charge in [-0.1, -0.05) is 0 Å². The van der Waals surface area contributed by atoms with Crippen molar-refractivity contribution in [3.63, 3.8) is 0 Å². The summed E-state index contributed by atoms with van der Waals surface area (Å²) in [6.07, 6.45) is 1.58. The van der Waals surface area contributed by atoms with E-state index in [4.69, 9.17) is 15.2 Å². The standard InChI is InChI=1S/C12H12N4O3/c13-11-8(5-15-16-11)4-14-12(17)7-1-2-9-10(3-7)19-6-18-9/h1-3,5H,4,6H2,(H,14,17)(H3,13,15,16). The molecule has 7 nitrogen and oxygen atoms in total. The van der Waals surface area contributed by atoms with Gasteiger partial charge in [-0.15, -0.1) is 0 Å². The number of nitrogens with zero attached hydrogens (tertiary/aromatic N) is 1. The van der Waals surface area contributed by atoms with Crippen LogP contribution in [-0.4, -0.2) is 22.9 Å². The number of amides is 1. The zero-order chi connectivity index (χ0) is 13.2. The monoisotopic (exact) mass is 260 g/mol. The number of ether oxygens (including phenoxy) is 2. The van der Waals surface area contributed by atoms with Crippen LogP contribution in [-0.2, 0) is 6.54 Å². The minimum Gasteiger partial charge on any atom is -0.454 e. The van der Waals surface area contributed by atoms with E-state index >= 15 is 0 Å². The molecule has 1 aliphatic heterocycles. The van der Waals surface area contributed by atoms with Crippen LogP contribution in [0.2, 0.25) is 0 Å². The molecule has 19 heavy (non-hydrogen) atoms. The van der Waals surface area contributed by atoms with E-state index in [-0.39, 0.29) is 12.7 Å². The molecule has 0 unspecified atom stereocenters. The lowest BCUT2D eigenvalue weighted by Crippen LogP contribution is -2.22. The molecule has 1 amide bonds. The average Bonchev–Trinajstić information content (AvgIpc) is 3.03. The lowest BCUT2D eigenvalue weighted by molar-refractivity contribution is 0.0950. The Bertz CT molecular complexity index is 623. The number of rotatable bonds is 3. The van der Waals surface area contributed by atoms with Crippen LogP contribution in [0, 0.1) is 0 Å². The minimum atomic E-state index is -0.209. The molecule has 1 aromatic heterocycles. The van der Waals surface area contributed by atoms with Crippen LogP contribution >= 0.6 is 0 Å². The Morgan fingerprint density at radius 3 is 3.05 bits per heavy atom. The number of carbonyl (C=O) groups is 1. The summed E-state index contributed by atoms with van der Waals surface area (Å²) in [4.78, 5) is 12.0. The van der Waals surface area contributed by atoms with Crippen molar-refractivity contribution in [1.29, 1.82) is 0 Å². The topological polar surface area (TPSA) is 102 Å². The van der Waals surface area contributed by atoms with Gasteiger partial charge in [-0.2, -0.15) is 5.10 Å². The molecular weight excluding hydrogens is 248 g/mol. The number of fused-ring (bicyclic) bond motifs is 1. The van der Waals surface area contributed by atoms with Crippen molar-refractivity contribution >= 4 is 11.7 Å². The van der Waals surface area contributed by atoms with Gasteiger partial charge in [-0.3, -0.25) is 9.89 Å². The summed E-state index contributed by atoms with van der Waals surface area (Å²) >= 11 is 0. The lowest BCUT2D eigenvalue weighted by Gasteiger charge is -2.05. The minimum absolute atomic E-state index is 0.186. The molecule has 98 valence electrons. The number of hydrogen-bond acceptors (Lipinski definition) is 5. The van der Waals surface area contributed by atoms with E-state index in [0.717, 1.165) is 5.56 Å². The Morgan fingerprint density at radius 1 is 1.42 bits per heavy atom. The van der Waals surface area contributed by atoms with Crippen LogP contribution in [0.5, 0.6) is 11.5 Å². The highest BCUT2D eigenvalue weighted by Gasteiger charge is 2.16. The third-order valence-corrected chi connectivity index (χ3v) is 2.83. The van der Waals surface area contributed by atoms with Crippen LogP contribution < -0.4 is 20.5 Å². The van der Waals surface area contributed by atoms with Gasteiger partial charge in [0.2, 0.25) is 6.79 Å². The first kappa shape index (κ1) is 11.4. The van der Waals surface area contributed by atoms with Crippen molar-refractivity contribution in [1.82, 2.24) is 15.5 Å². The Labute approximate surface area is 108 Å². The summed E-state index contributed by atoms with van der Waals surface area (Å²) in [5.74, 6) is 1.47. The lowest BCUT2D eigenvalue weighted by atomic mass is 10.2. The number of benzene rings is 1. The smallest absolute Gasteiger partial charge is 0.251 e. The zero-order valence-electron chi connectivity index (χ0n) is 9.97. The van der Waals surface area contributed by atoms with Crippen molar-refractivity contribution in [2.45, 2.75) is 6.54 Å². The third kappa shape index (κ3) is 2.17. The van der Waals surface area contributed by atoms with Crippen LogP contribution in [0.25, 0.3) is 0 Å². The fourth-order valence-electron chi connectivity index (χ4n) is 1.78. The highest BCUT2D eigenvalue weighted by atomic mass is 16.7. The first-order chi connectivity index (χ1) is 9.24. The van der Waals surface area contributed by atoms with E-state index in [1.54, 1.807) is 24.4 Å². The van der Waals surface area contributed by atoms with Crippen LogP contribution in [0.3, 0.4) is 0 Å². The van der Waals surface area contributed by atoms with E-state index in [0.29, 0.717) is 29.4 Å². The molecule has 0 aliphatic carbocycles. The van der Waals surface area contributed by atoms with Crippen molar-refractivity contribution in [3.8, 4) is 11.5 Å². The number of aromatic amines is 1. The van der Waals surface area contributed by atoms with E-state index in [2.05, 4.69) is 15.5 Å². The maximum Gasteiger partial charge on any atom is 0.251 e. The SMILES string of the molecule is Nc1[nH]ncc1CNC(=O)c1ccc2c(c1)OCO2. The molecule has 2 heterocycles. The summed E-state index contributed by atoms with van der Waals surface area (Å²) in [5.41, 5.74) is 6.88. The van der Waals surface area contributed by atoms with Crippen molar-refractivity contribution in [2.75, 3.05) is 12.5 Å². The number of nitrogen functional groups attached to an aromatic ring is 1. The number of aromatic nitrogens is 2. The molecule has 0 fully saturated rings. The molecule has 3 rings (SSSR count). The predicted octanol–water partition coefficient (Wildman–Crippen LogP) is 0.651. The Balaban J connectivity index is 1.69. The van der Waals surface area contributed by atoms with E-state index in [1.807, 2.05) is 0 Å². The van der Waals surface area contributed by atoms with E-state index < -0.39 is 0 Å². The zero-order valence-corrected chi connectivity index (χ0v) is 9.97. The molecule has 1 aromatic carbocycles. The summed E-state index contributed by atoms with van der Waals surface area (Å²) in [5, 5.41) is 9.15. The van der Waals surface area contributed by atoms with Crippen LogP contribution in [0.1, 0.15) is 15.9 Å². The molecule has 0 radical (unpaired) electrons. The van der Waals surface area contributed by atoms with Crippen LogP contribution in [0.15, 0.2) is 24.4 Å². The largest absolute Gasteiger partial charge is 0.454 e. The maximum absolute atomic E-state index is 12.0. The van der Waals surface area contributed by atoms with Crippen LogP contribution in [0.4, 0.5) is 5.82 Å². The number of nitrogens with one attached hydrogen (secondary N) is 2. The maximum atomic E-state index is 12.0. The molecule has 4 N–H and O–H groups in total. The van der Waals surface area contributed by atoms with Crippen molar-refractivity contribution in [2.24, 2.45) is 0 Å². The van der Waals surface area contributed by atoms with Crippen molar-refractivity contribution in [3.05, 3.63) is 35.5 Å². The molecule has 1 aliphatic rings. The molecule has 7 heteroatoms. The van der Waals surface area contributed by atoms with Gasteiger partial charge in [0.15, 0.2) is 11.5 Å². The highest BCUT2D eigenvalue weighted by molar-refractivity contribution is 5.94. The number of H-pyrrole nitrogens is 1. The van der Waals surface area contributed by atoms with E-state index in [9.17, 15) is 4.79 Å². The van der Waals surface area contributed by atoms with Gasteiger partial charge < -0.3 is 20.5 Å². The summed E-state index contributed by atoms with van der Waals surface area (Å²) in [6, 6.07) is 5.04. The van der Waals surface area contributed by atoms with Gasteiger partial charge in [0.1, 0.15) is 5.82 Å². The second kappa shape index (κ2) is 4.52. The number of hydrogen-bond donors (Lipinski definition) is 3. The number of carbonyl (C=O) groups excluding carboxylic acids is 1. The van der Waals surface area contributed by atoms with Gasteiger partial charge in [0.05, 0.1) is 6.20 Å². The molecule has 0 saturated heterocycles. The molecular formula is C12H12N4O3. The fourth-order valence-corrected chi connectivity index (χ4v) is 1.78. The number of anilines is 1. The normalized spacial score (nSPS) is 12.4. The quantitative estimate of drug-likeness (QED) is 0.752. The molecule has 0 saturated carbocycles. The predicted molar refractivity (Wildman–Crippen MR) is 66.7 cm³/mol. The highest BCUT2D eigenvalue weighted by Crippen LogP contribution is 2.32. The van der Waals surface area contributed by atoms with Gasteiger partial charge in [-0.25, -0.2) is 0 Å². The first-order valence-corrected chi connectivity index (χ1v) is 5.69. The summed E-state index contributed by atoms with van der Waals surface area (Å²) in [6.45, 7) is 0.502. The first-order valence-electron chi connectivity index (χ1n) is 5.69. The second-order valence-electron chi connectivity index (χ2n) is 4.06. The van der Waals surface area contributed by atoms with Gasteiger partial charge in [-0.05, 0) is 18.2 Å². The molecule has 0 bridgehead atoms. The molecule has 0 spiro atoms. The second-order valence-corrected chi connectivity index (χ2v) is 4.06. The van der Waals surface area contributed by atoms with Crippen molar-refractivity contribution < 1.29 is 14.3 Å². The molecule has 2 aromatic rings. The van der Waals surface area contributed by atoms with Gasteiger partial charge >= 0.3 is 0 Å². The summed E-state index contributed by atoms with van der Waals surface area (Å²) in [7, 11) is 0. The Hall–Kier alpha value is -2.70.